The Morgan fingerprint density at radius 3 is 1.95 bits per heavy atom. The maximum Gasteiger partial charge on any atom is 0.0410 e. The molecule has 0 aliphatic heterocycles. The molecule has 0 saturated heterocycles. The fraction of sp³-hybridized carbons (Fsp3) is 0.143. The van der Waals surface area contributed by atoms with Crippen LogP contribution in [-0.2, 0) is 0 Å². The largest absolute Gasteiger partial charge is 0.341 e. The van der Waals surface area contributed by atoms with E-state index in [0.29, 0.717) is 0 Å². The summed E-state index contributed by atoms with van der Waals surface area (Å²) in [6.45, 7) is 6.81. The fourth-order valence-corrected chi connectivity index (χ4v) is 2.29. The molecule has 0 bridgehead atoms. The smallest absolute Gasteiger partial charge is 0.0410 e. The summed E-state index contributed by atoms with van der Waals surface area (Å²) in [7, 11) is 0. The van der Waals surface area contributed by atoms with Crippen molar-refractivity contribution in [2.75, 3.05) is 11.4 Å². The van der Waals surface area contributed by atoms with Crippen LogP contribution in [0, 0.1) is 0 Å². The Morgan fingerprint density at radius 1 is 0.909 bits per heavy atom. The topological polar surface area (TPSA) is 3.24 Å². The lowest BCUT2D eigenvalue weighted by Gasteiger charge is -2.25. The second-order valence-corrected chi connectivity index (χ2v) is 5.21. The molecule has 2 aromatic rings. The molecule has 0 unspecified atom stereocenters. The molecule has 0 spiro atoms. The van der Waals surface area contributed by atoms with E-state index in [-0.39, 0.29) is 0 Å². The molecule has 0 fully saturated rings. The van der Waals surface area contributed by atoms with Gasteiger partial charge >= 0.3 is 0 Å². The third-order valence-corrected chi connectivity index (χ3v) is 3.49. The van der Waals surface area contributed by atoms with Crippen molar-refractivity contribution >= 4 is 11.4 Å². The third-order valence-electron chi connectivity index (χ3n) is 3.49. The SMILES string of the molecule is C=C/C=C\C=C(/C)CCN(c1ccccc1)c1ccccc1. The second-order valence-electron chi connectivity index (χ2n) is 5.21. The lowest BCUT2D eigenvalue weighted by Crippen LogP contribution is -2.18. The van der Waals surface area contributed by atoms with Crippen molar-refractivity contribution in [2.45, 2.75) is 13.3 Å². The number of benzene rings is 2. The lowest BCUT2D eigenvalue weighted by molar-refractivity contribution is 0.901. The molecule has 2 rings (SSSR count). The molecule has 0 aliphatic carbocycles. The van der Waals surface area contributed by atoms with Crippen LogP contribution in [0.2, 0.25) is 0 Å². The summed E-state index contributed by atoms with van der Waals surface area (Å²) < 4.78 is 0. The molecular formula is C21H23N. The van der Waals surface area contributed by atoms with Crippen LogP contribution >= 0.6 is 0 Å². The van der Waals surface area contributed by atoms with Crippen LogP contribution in [0.5, 0.6) is 0 Å². The van der Waals surface area contributed by atoms with Crippen LogP contribution in [0.1, 0.15) is 13.3 Å². The number of rotatable bonds is 7. The van der Waals surface area contributed by atoms with Gasteiger partial charge in [-0.05, 0) is 37.6 Å². The van der Waals surface area contributed by atoms with Crippen molar-refractivity contribution in [3.05, 3.63) is 97.1 Å². The van der Waals surface area contributed by atoms with E-state index in [1.54, 1.807) is 6.08 Å². The number of anilines is 2. The van der Waals surface area contributed by atoms with Gasteiger partial charge in [-0.3, -0.25) is 0 Å². The lowest BCUT2D eigenvalue weighted by atomic mass is 10.1. The zero-order chi connectivity index (χ0) is 15.6. The van der Waals surface area contributed by atoms with Gasteiger partial charge < -0.3 is 4.90 Å². The van der Waals surface area contributed by atoms with Crippen molar-refractivity contribution < 1.29 is 0 Å². The summed E-state index contributed by atoms with van der Waals surface area (Å²) in [5, 5.41) is 0. The summed E-state index contributed by atoms with van der Waals surface area (Å²) in [5.74, 6) is 0. The monoisotopic (exact) mass is 289 g/mol. The first kappa shape index (κ1) is 15.8. The van der Waals surface area contributed by atoms with E-state index < -0.39 is 0 Å². The highest BCUT2D eigenvalue weighted by Crippen LogP contribution is 2.25. The van der Waals surface area contributed by atoms with Crippen LogP contribution in [0.3, 0.4) is 0 Å². The Hall–Kier alpha value is -2.54. The van der Waals surface area contributed by atoms with Gasteiger partial charge in [0.15, 0.2) is 0 Å². The number of hydrogen-bond acceptors (Lipinski definition) is 1. The zero-order valence-corrected chi connectivity index (χ0v) is 13.2. The van der Waals surface area contributed by atoms with Gasteiger partial charge in [-0.15, -0.1) is 0 Å². The van der Waals surface area contributed by atoms with Gasteiger partial charge in [-0.1, -0.05) is 72.9 Å². The van der Waals surface area contributed by atoms with Crippen LogP contribution in [0.4, 0.5) is 11.4 Å². The van der Waals surface area contributed by atoms with Gasteiger partial charge in [0.2, 0.25) is 0 Å². The van der Waals surface area contributed by atoms with Gasteiger partial charge in [-0.2, -0.15) is 0 Å². The zero-order valence-electron chi connectivity index (χ0n) is 13.2. The third kappa shape index (κ3) is 4.78. The van der Waals surface area contributed by atoms with Gasteiger partial charge in [0.1, 0.15) is 0 Å². The second kappa shape index (κ2) is 8.68. The molecule has 1 heteroatoms. The minimum atomic E-state index is 0.957. The van der Waals surface area contributed by atoms with Crippen LogP contribution in [0.25, 0.3) is 0 Å². The van der Waals surface area contributed by atoms with E-state index >= 15 is 0 Å². The van der Waals surface area contributed by atoms with Crippen LogP contribution in [0.15, 0.2) is 97.1 Å². The Bertz CT molecular complexity index is 584. The molecule has 0 saturated carbocycles. The minimum absolute atomic E-state index is 0.957. The quantitative estimate of drug-likeness (QED) is 0.573. The standard InChI is InChI=1S/C21H23N/c1-3-4-7-12-19(2)17-18-22(20-13-8-5-9-14-20)21-15-10-6-11-16-21/h3-16H,1,17-18H2,2H3/b7-4-,19-12+. The minimum Gasteiger partial charge on any atom is -0.341 e. The van der Waals surface area contributed by atoms with Crippen molar-refractivity contribution in [2.24, 2.45) is 0 Å². The molecular weight excluding hydrogens is 266 g/mol. The van der Waals surface area contributed by atoms with E-state index in [0.717, 1.165) is 13.0 Å². The molecule has 0 heterocycles. The average Bonchev–Trinajstić information content (AvgIpc) is 2.57. The van der Waals surface area contributed by atoms with E-state index in [1.807, 2.05) is 12.2 Å². The predicted octanol–water partition coefficient (Wildman–Crippen LogP) is 5.90. The molecule has 0 N–H and O–H groups in total. The van der Waals surface area contributed by atoms with Gasteiger partial charge in [0.25, 0.3) is 0 Å². The van der Waals surface area contributed by atoms with Crippen LogP contribution in [-0.4, -0.2) is 6.54 Å². The van der Waals surface area contributed by atoms with E-state index in [1.165, 1.54) is 16.9 Å². The molecule has 112 valence electrons. The normalized spacial score (nSPS) is 11.6. The summed E-state index contributed by atoms with van der Waals surface area (Å²) in [6, 6.07) is 21.1. The first-order valence-corrected chi connectivity index (χ1v) is 7.64. The molecule has 2 aromatic carbocycles. The molecule has 22 heavy (non-hydrogen) atoms. The number of nitrogens with zero attached hydrogens (tertiary/aromatic N) is 1. The fourth-order valence-electron chi connectivity index (χ4n) is 2.29. The Labute approximate surface area is 133 Å². The highest BCUT2D eigenvalue weighted by Gasteiger charge is 2.08. The van der Waals surface area contributed by atoms with E-state index in [2.05, 4.69) is 85.1 Å². The summed E-state index contributed by atoms with van der Waals surface area (Å²) in [5.41, 5.74) is 3.81. The van der Waals surface area contributed by atoms with Gasteiger partial charge in [0.05, 0.1) is 0 Å². The van der Waals surface area contributed by atoms with E-state index in [4.69, 9.17) is 0 Å². The van der Waals surface area contributed by atoms with Gasteiger partial charge in [-0.25, -0.2) is 0 Å². The van der Waals surface area contributed by atoms with Gasteiger partial charge in [0, 0.05) is 17.9 Å². The highest BCUT2D eigenvalue weighted by molar-refractivity contribution is 5.62. The summed E-state index contributed by atoms with van der Waals surface area (Å²) in [6.07, 6.45) is 8.96. The number of hydrogen-bond donors (Lipinski definition) is 0. The van der Waals surface area contributed by atoms with Crippen molar-refractivity contribution in [1.29, 1.82) is 0 Å². The molecule has 0 aromatic heterocycles. The first-order valence-electron chi connectivity index (χ1n) is 7.64. The molecule has 0 aliphatic rings. The van der Waals surface area contributed by atoms with Crippen molar-refractivity contribution in [1.82, 2.24) is 0 Å². The number of para-hydroxylation sites is 2. The summed E-state index contributed by atoms with van der Waals surface area (Å²) >= 11 is 0. The Balaban J connectivity index is 2.14. The summed E-state index contributed by atoms with van der Waals surface area (Å²) in [4.78, 5) is 2.36. The Morgan fingerprint density at radius 2 is 1.45 bits per heavy atom. The molecule has 0 radical (unpaired) electrons. The van der Waals surface area contributed by atoms with Crippen molar-refractivity contribution in [3.63, 3.8) is 0 Å². The predicted molar refractivity (Wildman–Crippen MR) is 97.6 cm³/mol. The van der Waals surface area contributed by atoms with Crippen molar-refractivity contribution in [3.8, 4) is 0 Å². The van der Waals surface area contributed by atoms with E-state index in [9.17, 15) is 0 Å². The first-order chi connectivity index (χ1) is 10.8. The maximum atomic E-state index is 3.69. The molecule has 0 atom stereocenters. The molecule has 0 amide bonds. The Kier molecular flexibility index (Phi) is 6.25. The molecule has 1 nitrogen and oxygen atoms in total. The average molecular weight is 289 g/mol. The van der Waals surface area contributed by atoms with Crippen LogP contribution < -0.4 is 4.90 Å². The highest BCUT2D eigenvalue weighted by atomic mass is 15.1. The number of allylic oxidation sites excluding steroid dienone is 4. The maximum absolute atomic E-state index is 3.69.